The largest absolute Gasteiger partial charge is 0.494 e. The smallest absolute Gasteiger partial charge is 0.323 e. The topological polar surface area (TPSA) is 76.1 Å². The molecule has 0 aromatic heterocycles. The Balaban J connectivity index is 2.56. The third-order valence-electron chi connectivity index (χ3n) is 2.75. The Morgan fingerprint density at radius 3 is 2.10 bits per heavy atom. The summed E-state index contributed by atoms with van der Waals surface area (Å²) in [7, 11) is 0. The van der Waals surface area contributed by atoms with Crippen LogP contribution in [0.3, 0.4) is 0 Å². The average Bonchev–Trinajstić information content (AvgIpc) is 2.43. The van der Waals surface area contributed by atoms with Crippen molar-refractivity contribution in [2.75, 3.05) is 19.8 Å². The van der Waals surface area contributed by atoms with Gasteiger partial charge >= 0.3 is 5.97 Å². The second-order valence-corrected chi connectivity index (χ2v) is 4.70. The monoisotopic (exact) mass is 295 g/mol. The van der Waals surface area contributed by atoms with E-state index in [4.69, 9.17) is 14.6 Å². The van der Waals surface area contributed by atoms with E-state index in [9.17, 15) is 9.59 Å². The number of rotatable bonds is 8. The maximum absolute atomic E-state index is 12.0. The molecule has 0 aliphatic rings. The van der Waals surface area contributed by atoms with E-state index in [0.29, 0.717) is 12.4 Å². The van der Waals surface area contributed by atoms with Gasteiger partial charge in [-0.1, -0.05) is 0 Å². The molecule has 0 saturated carbocycles. The molecular formula is C15H21NO5. The van der Waals surface area contributed by atoms with Crippen LogP contribution in [-0.2, 0) is 9.59 Å². The minimum absolute atomic E-state index is 0.195. The zero-order chi connectivity index (χ0) is 15.8. The van der Waals surface area contributed by atoms with Crippen molar-refractivity contribution in [2.24, 2.45) is 0 Å². The van der Waals surface area contributed by atoms with Gasteiger partial charge in [0.2, 0.25) is 0 Å². The predicted molar refractivity (Wildman–Crippen MR) is 77.6 cm³/mol. The molecule has 0 spiro atoms. The SMILES string of the molecule is CCOc1ccc(OCC(=O)N(CC(=O)O)C(C)C)cc1. The van der Waals surface area contributed by atoms with E-state index in [-0.39, 0.29) is 25.1 Å². The Kier molecular flexibility index (Phi) is 6.52. The average molecular weight is 295 g/mol. The van der Waals surface area contributed by atoms with Gasteiger partial charge in [-0.3, -0.25) is 9.59 Å². The lowest BCUT2D eigenvalue weighted by molar-refractivity contribution is -0.146. The van der Waals surface area contributed by atoms with Gasteiger partial charge in [-0.05, 0) is 45.0 Å². The van der Waals surface area contributed by atoms with E-state index in [2.05, 4.69) is 0 Å². The molecule has 0 bridgehead atoms. The van der Waals surface area contributed by atoms with Gasteiger partial charge in [0.05, 0.1) is 6.61 Å². The summed E-state index contributed by atoms with van der Waals surface area (Å²) in [6.07, 6.45) is 0. The standard InChI is InChI=1S/C15H21NO5/c1-4-20-12-5-7-13(8-6-12)21-10-14(17)16(11(2)3)9-15(18)19/h5-8,11H,4,9-10H2,1-3H3,(H,18,19). The first kappa shape index (κ1) is 16.8. The first-order chi connectivity index (χ1) is 9.93. The molecule has 6 heteroatoms. The summed E-state index contributed by atoms with van der Waals surface area (Å²) >= 11 is 0. The van der Waals surface area contributed by atoms with Gasteiger partial charge in [0, 0.05) is 6.04 Å². The number of hydrogen-bond acceptors (Lipinski definition) is 4. The zero-order valence-corrected chi connectivity index (χ0v) is 12.5. The van der Waals surface area contributed by atoms with Crippen LogP contribution in [0.5, 0.6) is 11.5 Å². The summed E-state index contributed by atoms with van der Waals surface area (Å²) in [5, 5.41) is 8.80. The molecule has 0 aliphatic heterocycles. The normalized spacial score (nSPS) is 10.3. The Bertz CT molecular complexity index is 469. The molecule has 0 fully saturated rings. The van der Waals surface area contributed by atoms with Gasteiger partial charge in [-0.2, -0.15) is 0 Å². The van der Waals surface area contributed by atoms with Crippen LogP contribution in [0.2, 0.25) is 0 Å². The number of amides is 1. The molecule has 0 heterocycles. The fourth-order valence-corrected chi connectivity index (χ4v) is 1.73. The van der Waals surface area contributed by atoms with E-state index >= 15 is 0 Å². The Hall–Kier alpha value is -2.24. The third-order valence-corrected chi connectivity index (χ3v) is 2.75. The Labute approximate surface area is 124 Å². The number of carbonyl (C=O) groups excluding carboxylic acids is 1. The highest BCUT2D eigenvalue weighted by Gasteiger charge is 2.20. The molecule has 116 valence electrons. The van der Waals surface area contributed by atoms with E-state index in [0.717, 1.165) is 5.75 Å². The van der Waals surface area contributed by atoms with Crippen molar-refractivity contribution < 1.29 is 24.2 Å². The van der Waals surface area contributed by atoms with Crippen molar-refractivity contribution >= 4 is 11.9 Å². The number of aliphatic carboxylic acids is 1. The first-order valence-corrected chi connectivity index (χ1v) is 6.81. The minimum atomic E-state index is -1.04. The molecule has 21 heavy (non-hydrogen) atoms. The van der Waals surface area contributed by atoms with Crippen LogP contribution in [0.25, 0.3) is 0 Å². The van der Waals surface area contributed by atoms with Crippen LogP contribution < -0.4 is 9.47 Å². The number of carboxylic acids is 1. The first-order valence-electron chi connectivity index (χ1n) is 6.81. The predicted octanol–water partition coefficient (Wildman–Crippen LogP) is 1.79. The number of hydrogen-bond donors (Lipinski definition) is 1. The molecule has 0 unspecified atom stereocenters. The quantitative estimate of drug-likeness (QED) is 0.791. The molecule has 0 atom stereocenters. The fourth-order valence-electron chi connectivity index (χ4n) is 1.73. The number of benzene rings is 1. The van der Waals surface area contributed by atoms with Crippen LogP contribution in [-0.4, -0.2) is 47.7 Å². The number of nitrogens with zero attached hydrogens (tertiary/aromatic N) is 1. The van der Waals surface area contributed by atoms with Gasteiger partial charge in [0.1, 0.15) is 18.0 Å². The maximum atomic E-state index is 12.0. The summed E-state index contributed by atoms with van der Waals surface area (Å²) in [6.45, 7) is 5.47. The lowest BCUT2D eigenvalue weighted by atomic mass is 10.3. The summed E-state index contributed by atoms with van der Waals surface area (Å²) in [6, 6.07) is 6.71. The molecule has 1 amide bonds. The van der Waals surface area contributed by atoms with Gasteiger partial charge in [0.25, 0.3) is 5.91 Å². The van der Waals surface area contributed by atoms with E-state index in [1.165, 1.54) is 4.90 Å². The van der Waals surface area contributed by atoms with E-state index < -0.39 is 5.97 Å². The highest BCUT2D eigenvalue weighted by atomic mass is 16.5. The van der Waals surface area contributed by atoms with Crippen LogP contribution in [0.15, 0.2) is 24.3 Å². The molecule has 1 aromatic carbocycles. The lowest BCUT2D eigenvalue weighted by Gasteiger charge is -2.24. The van der Waals surface area contributed by atoms with Crippen LogP contribution >= 0.6 is 0 Å². The van der Waals surface area contributed by atoms with Gasteiger partial charge in [-0.25, -0.2) is 0 Å². The van der Waals surface area contributed by atoms with Crippen LogP contribution in [0, 0.1) is 0 Å². The van der Waals surface area contributed by atoms with Crippen molar-refractivity contribution in [2.45, 2.75) is 26.8 Å². The molecule has 1 aromatic rings. The maximum Gasteiger partial charge on any atom is 0.323 e. The van der Waals surface area contributed by atoms with E-state index in [1.807, 2.05) is 6.92 Å². The lowest BCUT2D eigenvalue weighted by Crippen LogP contribution is -2.43. The van der Waals surface area contributed by atoms with Gasteiger partial charge in [-0.15, -0.1) is 0 Å². The van der Waals surface area contributed by atoms with Gasteiger partial charge < -0.3 is 19.5 Å². The Morgan fingerprint density at radius 1 is 1.14 bits per heavy atom. The molecule has 0 aliphatic carbocycles. The van der Waals surface area contributed by atoms with Crippen molar-refractivity contribution in [3.8, 4) is 11.5 Å². The third kappa shape index (κ3) is 5.72. The van der Waals surface area contributed by atoms with Crippen molar-refractivity contribution in [3.05, 3.63) is 24.3 Å². The van der Waals surface area contributed by atoms with Crippen LogP contribution in [0.1, 0.15) is 20.8 Å². The fraction of sp³-hybridized carbons (Fsp3) is 0.467. The second-order valence-electron chi connectivity index (χ2n) is 4.70. The number of carboxylic acid groups (broad SMARTS) is 1. The Morgan fingerprint density at radius 2 is 1.67 bits per heavy atom. The molecule has 0 radical (unpaired) electrons. The molecule has 6 nitrogen and oxygen atoms in total. The summed E-state index contributed by atoms with van der Waals surface area (Å²) in [4.78, 5) is 24.0. The highest BCUT2D eigenvalue weighted by Crippen LogP contribution is 2.17. The summed E-state index contributed by atoms with van der Waals surface area (Å²) in [5.74, 6) is -0.143. The van der Waals surface area contributed by atoms with Crippen molar-refractivity contribution in [3.63, 3.8) is 0 Å². The number of ether oxygens (including phenoxy) is 2. The number of carbonyl (C=O) groups is 2. The molecule has 1 rings (SSSR count). The zero-order valence-electron chi connectivity index (χ0n) is 12.5. The highest BCUT2D eigenvalue weighted by molar-refractivity contribution is 5.82. The van der Waals surface area contributed by atoms with Crippen LogP contribution in [0.4, 0.5) is 0 Å². The summed E-state index contributed by atoms with van der Waals surface area (Å²) < 4.78 is 10.7. The molecule has 1 N–H and O–H groups in total. The van der Waals surface area contributed by atoms with Crippen molar-refractivity contribution in [1.29, 1.82) is 0 Å². The van der Waals surface area contributed by atoms with E-state index in [1.54, 1.807) is 38.1 Å². The van der Waals surface area contributed by atoms with Crippen molar-refractivity contribution in [1.82, 2.24) is 4.90 Å². The van der Waals surface area contributed by atoms with Gasteiger partial charge in [0.15, 0.2) is 6.61 Å². The molecular weight excluding hydrogens is 274 g/mol. The summed E-state index contributed by atoms with van der Waals surface area (Å²) in [5.41, 5.74) is 0. The second kappa shape index (κ2) is 8.14. The minimum Gasteiger partial charge on any atom is -0.494 e. The molecule has 0 saturated heterocycles.